The molecule has 0 aliphatic carbocycles. The molecule has 2 N–H and O–H groups in total. The van der Waals surface area contributed by atoms with Crippen LogP contribution in [0.5, 0.6) is 0 Å². The Kier molecular flexibility index (Phi) is 6.44. The first-order valence-corrected chi connectivity index (χ1v) is 9.51. The number of aliphatic imine (C=N–C) groups is 1. The van der Waals surface area contributed by atoms with Gasteiger partial charge in [0.1, 0.15) is 0 Å². The molecule has 0 saturated carbocycles. The van der Waals surface area contributed by atoms with Gasteiger partial charge in [-0.1, -0.05) is 6.92 Å². The molecule has 2 aliphatic rings. The highest BCUT2D eigenvalue weighted by Gasteiger charge is 2.19. The lowest BCUT2D eigenvalue weighted by atomic mass is 10.00. The Morgan fingerprint density at radius 2 is 1.80 bits per heavy atom. The number of nitrogens with zero attached hydrogens (tertiary/aromatic N) is 6. The maximum absolute atomic E-state index is 6.14. The normalized spacial score (nSPS) is 20.9. The Morgan fingerprint density at radius 1 is 1.12 bits per heavy atom. The molecular formula is C18H31N7. The molecule has 0 atom stereocenters. The van der Waals surface area contributed by atoms with Crippen LogP contribution >= 0.6 is 0 Å². The second kappa shape index (κ2) is 8.99. The average Bonchev–Trinajstić information content (AvgIpc) is 2.67. The van der Waals surface area contributed by atoms with Crippen LogP contribution in [-0.2, 0) is 0 Å². The van der Waals surface area contributed by atoms with Gasteiger partial charge in [-0.05, 0) is 31.2 Å². The highest BCUT2D eigenvalue weighted by Crippen LogP contribution is 2.15. The first-order valence-electron chi connectivity index (χ1n) is 9.51. The van der Waals surface area contributed by atoms with Gasteiger partial charge in [0.25, 0.3) is 0 Å². The van der Waals surface area contributed by atoms with Crippen molar-refractivity contribution in [2.45, 2.75) is 26.2 Å². The molecule has 3 rings (SSSR count). The second-order valence-electron chi connectivity index (χ2n) is 7.14. The molecule has 138 valence electrons. The highest BCUT2D eigenvalue weighted by atomic mass is 15.3. The van der Waals surface area contributed by atoms with E-state index in [1.807, 2.05) is 6.07 Å². The third-order valence-electron chi connectivity index (χ3n) is 5.22. The van der Waals surface area contributed by atoms with Crippen LogP contribution in [0.1, 0.15) is 26.2 Å². The number of piperidine rings is 1. The van der Waals surface area contributed by atoms with Gasteiger partial charge < -0.3 is 15.5 Å². The number of hydrogen-bond acceptors (Lipinski definition) is 5. The van der Waals surface area contributed by atoms with E-state index in [0.717, 1.165) is 76.6 Å². The van der Waals surface area contributed by atoms with Crippen molar-refractivity contribution in [3.05, 3.63) is 18.5 Å². The number of piperazine rings is 1. The molecule has 0 bridgehead atoms. The first kappa shape index (κ1) is 17.9. The molecule has 0 spiro atoms. The summed E-state index contributed by atoms with van der Waals surface area (Å²) in [5.41, 5.74) is 6.14. The van der Waals surface area contributed by atoms with E-state index in [0.29, 0.717) is 0 Å². The van der Waals surface area contributed by atoms with Crippen LogP contribution in [0.4, 0.5) is 5.95 Å². The molecule has 2 fully saturated rings. The second-order valence-corrected chi connectivity index (χ2v) is 7.14. The SMILES string of the molecule is CC1CCN(C(N)=NCCCN2CCN(c3ncccn3)CC2)CC1. The molecule has 25 heavy (non-hydrogen) atoms. The quantitative estimate of drug-likeness (QED) is 0.488. The monoisotopic (exact) mass is 345 g/mol. The molecule has 0 amide bonds. The zero-order valence-corrected chi connectivity index (χ0v) is 15.3. The Morgan fingerprint density at radius 3 is 2.48 bits per heavy atom. The van der Waals surface area contributed by atoms with E-state index in [-0.39, 0.29) is 0 Å². The van der Waals surface area contributed by atoms with Crippen molar-refractivity contribution in [1.82, 2.24) is 19.8 Å². The summed E-state index contributed by atoms with van der Waals surface area (Å²) in [7, 11) is 0. The lowest BCUT2D eigenvalue weighted by Gasteiger charge is -2.34. The third-order valence-corrected chi connectivity index (χ3v) is 5.22. The van der Waals surface area contributed by atoms with Crippen molar-refractivity contribution < 1.29 is 0 Å². The van der Waals surface area contributed by atoms with E-state index in [4.69, 9.17) is 5.73 Å². The molecule has 7 nitrogen and oxygen atoms in total. The van der Waals surface area contributed by atoms with Gasteiger partial charge >= 0.3 is 0 Å². The van der Waals surface area contributed by atoms with Gasteiger partial charge in [-0.15, -0.1) is 0 Å². The van der Waals surface area contributed by atoms with E-state index in [1.165, 1.54) is 12.8 Å². The lowest BCUT2D eigenvalue weighted by molar-refractivity contribution is 0.254. The summed E-state index contributed by atoms with van der Waals surface area (Å²) in [6.45, 7) is 10.4. The van der Waals surface area contributed by atoms with Gasteiger partial charge in [-0.3, -0.25) is 9.89 Å². The van der Waals surface area contributed by atoms with Crippen LogP contribution in [-0.4, -0.2) is 78.1 Å². The molecule has 7 heteroatoms. The van der Waals surface area contributed by atoms with Crippen LogP contribution in [0.2, 0.25) is 0 Å². The smallest absolute Gasteiger partial charge is 0.225 e. The maximum Gasteiger partial charge on any atom is 0.225 e. The minimum absolute atomic E-state index is 0.734. The summed E-state index contributed by atoms with van der Waals surface area (Å²) in [6.07, 6.45) is 7.13. The number of likely N-dealkylation sites (tertiary alicyclic amines) is 1. The van der Waals surface area contributed by atoms with Crippen molar-refractivity contribution >= 4 is 11.9 Å². The van der Waals surface area contributed by atoms with Crippen molar-refractivity contribution in [3.63, 3.8) is 0 Å². The third kappa shape index (κ3) is 5.29. The summed E-state index contributed by atoms with van der Waals surface area (Å²) in [4.78, 5) is 20.2. The van der Waals surface area contributed by atoms with Crippen molar-refractivity contribution in [2.24, 2.45) is 16.6 Å². The number of anilines is 1. The van der Waals surface area contributed by atoms with Crippen molar-refractivity contribution in [3.8, 4) is 0 Å². The summed E-state index contributed by atoms with van der Waals surface area (Å²) in [6, 6.07) is 1.86. The van der Waals surface area contributed by atoms with E-state index >= 15 is 0 Å². The van der Waals surface area contributed by atoms with Crippen molar-refractivity contribution in [2.75, 3.05) is 57.3 Å². The molecule has 0 radical (unpaired) electrons. The number of aromatic nitrogens is 2. The van der Waals surface area contributed by atoms with E-state index in [1.54, 1.807) is 12.4 Å². The molecule has 0 unspecified atom stereocenters. The molecule has 1 aromatic heterocycles. The number of guanidine groups is 1. The largest absolute Gasteiger partial charge is 0.370 e. The molecule has 2 aliphatic heterocycles. The van der Waals surface area contributed by atoms with Crippen LogP contribution in [0.3, 0.4) is 0 Å². The van der Waals surface area contributed by atoms with Crippen LogP contribution < -0.4 is 10.6 Å². The zero-order valence-electron chi connectivity index (χ0n) is 15.3. The fourth-order valence-corrected chi connectivity index (χ4v) is 3.45. The van der Waals surface area contributed by atoms with E-state index in [9.17, 15) is 0 Å². The molecule has 0 aromatic carbocycles. The van der Waals surface area contributed by atoms with Crippen LogP contribution in [0.25, 0.3) is 0 Å². The molecule has 2 saturated heterocycles. The molecule has 3 heterocycles. The Balaban J connectivity index is 1.33. The number of nitrogens with two attached hydrogens (primary N) is 1. The predicted molar refractivity (Wildman–Crippen MR) is 102 cm³/mol. The Bertz CT molecular complexity index is 532. The minimum Gasteiger partial charge on any atom is -0.370 e. The fourth-order valence-electron chi connectivity index (χ4n) is 3.45. The highest BCUT2D eigenvalue weighted by molar-refractivity contribution is 5.78. The lowest BCUT2D eigenvalue weighted by Crippen LogP contribution is -2.47. The van der Waals surface area contributed by atoms with Gasteiger partial charge in [0, 0.05) is 64.8 Å². The molecular weight excluding hydrogens is 314 g/mol. The minimum atomic E-state index is 0.734. The van der Waals surface area contributed by atoms with Crippen LogP contribution in [0.15, 0.2) is 23.5 Å². The average molecular weight is 345 g/mol. The van der Waals surface area contributed by atoms with Gasteiger partial charge in [0.05, 0.1) is 0 Å². The van der Waals surface area contributed by atoms with Gasteiger partial charge in [-0.2, -0.15) is 0 Å². The maximum atomic E-state index is 6.14. The Labute approximate surface area is 150 Å². The number of hydrogen-bond donors (Lipinski definition) is 1. The van der Waals surface area contributed by atoms with E-state index < -0.39 is 0 Å². The predicted octanol–water partition coefficient (Wildman–Crippen LogP) is 1.04. The first-order chi connectivity index (χ1) is 12.2. The van der Waals surface area contributed by atoms with Crippen LogP contribution in [0, 0.1) is 5.92 Å². The van der Waals surface area contributed by atoms with Gasteiger partial charge in [-0.25, -0.2) is 9.97 Å². The topological polar surface area (TPSA) is 73.9 Å². The Hall–Kier alpha value is -1.89. The standard InChI is InChI=1S/C18H31N7/c1-16-4-10-24(11-5-16)17(19)20-8-3-9-23-12-14-25(15-13-23)18-21-6-2-7-22-18/h2,6-7,16H,3-5,8-15H2,1H3,(H2,19,20). The summed E-state index contributed by atoms with van der Waals surface area (Å²) >= 11 is 0. The van der Waals surface area contributed by atoms with E-state index in [2.05, 4.69) is 36.6 Å². The van der Waals surface area contributed by atoms with Crippen molar-refractivity contribution in [1.29, 1.82) is 0 Å². The summed E-state index contributed by atoms with van der Waals surface area (Å²) in [5.74, 6) is 2.40. The summed E-state index contributed by atoms with van der Waals surface area (Å²) < 4.78 is 0. The van der Waals surface area contributed by atoms with Gasteiger partial charge in [0.15, 0.2) is 5.96 Å². The fraction of sp³-hybridized carbons (Fsp3) is 0.722. The summed E-state index contributed by atoms with van der Waals surface area (Å²) in [5, 5.41) is 0. The van der Waals surface area contributed by atoms with Gasteiger partial charge in [0.2, 0.25) is 5.95 Å². The number of rotatable bonds is 5. The zero-order chi connectivity index (χ0) is 17.5. The molecule has 1 aromatic rings.